The molecule has 0 spiro atoms. The number of imidazole rings is 1. The maximum Gasteiger partial charge on any atom is 0.264 e. The Bertz CT molecular complexity index is 2530. The second-order valence-corrected chi connectivity index (χ2v) is 11.7. The standard InChI is InChI=1S/C40H31N3O3/c1-24-11-10-14-32(39(45)42(4)28-12-6-5-7-13-28)36-25(2)29(20-18-27(36)23-44)30-21-22-31-37(26(30)3)33(19-17-24)40(46)43-35-16-9-8-15-34(35)41-38(31)43/h5-23H,1-4H3. The van der Waals surface area contributed by atoms with Gasteiger partial charge in [0.05, 0.1) is 11.0 Å². The van der Waals surface area contributed by atoms with Crippen molar-refractivity contribution in [3.63, 3.8) is 0 Å². The molecule has 46 heavy (non-hydrogen) atoms. The Balaban J connectivity index is 1.67. The van der Waals surface area contributed by atoms with Gasteiger partial charge in [-0.25, -0.2) is 4.98 Å². The number of nitrogens with zero attached hydrogens (tertiary/aromatic N) is 3. The number of carbonyl (C=O) groups excluding carboxylic acids is 2. The maximum atomic E-state index is 14.3. The number of fused-ring (bicyclic) bond motifs is 8. The fraction of sp³-hybridized carbons (Fsp3) is 0.100. The minimum Gasteiger partial charge on any atom is -0.311 e. The van der Waals surface area contributed by atoms with Crippen molar-refractivity contribution in [2.24, 2.45) is 0 Å². The van der Waals surface area contributed by atoms with Crippen LogP contribution in [0.25, 0.3) is 49.0 Å². The summed E-state index contributed by atoms with van der Waals surface area (Å²) in [6, 6.07) is 34.2. The third-order valence-electron chi connectivity index (χ3n) is 8.97. The second-order valence-electron chi connectivity index (χ2n) is 11.7. The Morgan fingerprint density at radius 1 is 0.696 bits per heavy atom. The van der Waals surface area contributed by atoms with Gasteiger partial charge in [-0.3, -0.25) is 18.8 Å². The van der Waals surface area contributed by atoms with E-state index in [1.807, 2.05) is 118 Å². The molecule has 6 heteroatoms. The van der Waals surface area contributed by atoms with Gasteiger partial charge in [-0.15, -0.1) is 0 Å². The van der Waals surface area contributed by atoms with Crippen molar-refractivity contribution in [2.45, 2.75) is 20.8 Å². The fourth-order valence-electron chi connectivity index (χ4n) is 6.59. The summed E-state index contributed by atoms with van der Waals surface area (Å²) in [6.07, 6.45) is 0.803. The summed E-state index contributed by atoms with van der Waals surface area (Å²) in [6.45, 7) is 5.92. The van der Waals surface area contributed by atoms with Crippen molar-refractivity contribution in [2.75, 3.05) is 11.9 Å². The molecule has 5 aromatic carbocycles. The molecule has 2 heterocycles. The number of carbonyl (C=O) groups is 2. The molecule has 4 bridgehead atoms. The van der Waals surface area contributed by atoms with Crippen LogP contribution in [0.3, 0.4) is 0 Å². The van der Waals surface area contributed by atoms with Gasteiger partial charge in [0.15, 0.2) is 6.29 Å². The number of amides is 1. The molecule has 6 nitrogen and oxygen atoms in total. The first-order valence-electron chi connectivity index (χ1n) is 15.2. The predicted molar refractivity (Wildman–Crippen MR) is 188 cm³/mol. The SMILES string of the molecule is Cc1cccc(C(=O)N(C)c2ccccc2)c2c(C=O)ccc(c2C)c2ccc3c(c2C)c(cc1)c(=O)n1c2ccccc2nc31. The molecule has 0 fully saturated rings. The number of aldehydes is 1. The normalized spacial score (nSPS) is 11.3. The highest BCUT2D eigenvalue weighted by atomic mass is 16.2. The second kappa shape index (κ2) is 11.2. The largest absolute Gasteiger partial charge is 0.311 e. The molecule has 7 rings (SSSR count). The Labute approximate surface area is 265 Å². The van der Waals surface area contributed by atoms with Gasteiger partial charge >= 0.3 is 0 Å². The van der Waals surface area contributed by atoms with E-state index in [4.69, 9.17) is 4.98 Å². The molecule has 0 radical (unpaired) electrons. The van der Waals surface area contributed by atoms with Gasteiger partial charge in [0.1, 0.15) is 5.65 Å². The summed E-state index contributed by atoms with van der Waals surface area (Å²) in [7, 11) is 1.74. The molecule has 0 N–H and O–H groups in total. The summed E-state index contributed by atoms with van der Waals surface area (Å²) >= 11 is 0. The lowest BCUT2D eigenvalue weighted by atomic mass is 9.92. The lowest BCUT2D eigenvalue weighted by molar-refractivity contribution is 0.0994. The van der Waals surface area contributed by atoms with Gasteiger partial charge in [0, 0.05) is 45.4 Å². The lowest BCUT2D eigenvalue weighted by Gasteiger charge is -2.19. The van der Waals surface area contributed by atoms with Gasteiger partial charge < -0.3 is 4.90 Å². The minimum absolute atomic E-state index is 0.137. The Morgan fingerprint density at radius 3 is 2.11 bits per heavy atom. The van der Waals surface area contributed by atoms with Crippen LogP contribution in [0.15, 0.2) is 114 Å². The van der Waals surface area contributed by atoms with Crippen LogP contribution in [0.1, 0.15) is 37.4 Å². The van der Waals surface area contributed by atoms with Crippen molar-refractivity contribution in [1.29, 1.82) is 0 Å². The number of hydrogen-bond acceptors (Lipinski definition) is 4. The highest BCUT2D eigenvalue weighted by Gasteiger charge is 2.20. The quantitative estimate of drug-likeness (QED) is 0.191. The number of rotatable bonds is 3. The van der Waals surface area contributed by atoms with Crippen LogP contribution in [0.4, 0.5) is 5.69 Å². The van der Waals surface area contributed by atoms with Crippen molar-refractivity contribution in [1.82, 2.24) is 9.38 Å². The van der Waals surface area contributed by atoms with Crippen LogP contribution in [-0.2, 0) is 0 Å². The maximum absolute atomic E-state index is 14.3. The third-order valence-corrected chi connectivity index (χ3v) is 8.97. The molecule has 224 valence electrons. The molecule has 0 aliphatic carbocycles. The van der Waals surface area contributed by atoms with Gasteiger partial charge in [-0.2, -0.15) is 0 Å². The summed E-state index contributed by atoms with van der Waals surface area (Å²) in [5.41, 5.74) is 6.18. The number of para-hydroxylation sites is 3. The number of anilines is 1. The highest BCUT2D eigenvalue weighted by molar-refractivity contribution is 6.17. The van der Waals surface area contributed by atoms with Gasteiger partial charge in [-0.1, -0.05) is 72.3 Å². The van der Waals surface area contributed by atoms with Crippen LogP contribution in [0, 0.1) is 20.8 Å². The fourth-order valence-corrected chi connectivity index (χ4v) is 6.59. The van der Waals surface area contributed by atoms with E-state index in [0.29, 0.717) is 27.5 Å². The molecule has 0 aliphatic heterocycles. The van der Waals surface area contributed by atoms with Gasteiger partial charge in [0.2, 0.25) is 0 Å². The number of aromatic nitrogens is 2. The average Bonchev–Trinajstić information content (AvgIpc) is 3.47. The summed E-state index contributed by atoms with van der Waals surface area (Å²) in [4.78, 5) is 47.4. The topological polar surface area (TPSA) is 71.8 Å². The summed E-state index contributed by atoms with van der Waals surface area (Å²) < 4.78 is 1.71. The summed E-state index contributed by atoms with van der Waals surface area (Å²) in [5, 5.41) is 4.64. The van der Waals surface area contributed by atoms with E-state index >= 15 is 0 Å². The van der Waals surface area contributed by atoms with E-state index < -0.39 is 0 Å². The third kappa shape index (κ3) is 4.49. The lowest BCUT2D eigenvalue weighted by Crippen LogP contribution is -2.26. The molecule has 0 aliphatic rings. The number of benzene rings is 4. The molecule has 7 aromatic rings. The van der Waals surface area contributed by atoms with Crippen LogP contribution in [0.2, 0.25) is 0 Å². The monoisotopic (exact) mass is 601 g/mol. The molecule has 2 aromatic heterocycles. The van der Waals surface area contributed by atoms with Crippen molar-refractivity contribution in [3.8, 4) is 0 Å². The molecular formula is C40H31N3O3. The van der Waals surface area contributed by atoms with Crippen LogP contribution < -0.4 is 10.5 Å². The zero-order chi connectivity index (χ0) is 32.1. The summed E-state index contributed by atoms with van der Waals surface area (Å²) in [5.74, 6) is -0.234. The van der Waals surface area contributed by atoms with E-state index in [2.05, 4.69) is 0 Å². The first kappa shape index (κ1) is 28.9. The minimum atomic E-state index is -0.234. The van der Waals surface area contributed by atoms with Crippen molar-refractivity contribution < 1.29 is 9.59 Å². The first-order valence-corrected chi connectivity index (χ1v) is 15.2. The van der Waals surface area contributed by atoms with E-state index in [-0.39, 0.29) is 11.5 Å². The van der Waals surface area contributed by atoms with Crippen molar-refractivity contribution in [3.05, 3.63) is 147 Å². The molecule has 0 saturated carbocycles. The average molecular weight is 602 g/mol. The molecule has 0 atom stereocenters. The predicted octanol–water partition coefficient (Wildman–Crippen LogP) is 8.45. The zero-order valence-electron chi connectivity index (χ0n) is 26.0. The molecular weight excluding hydrogens is 570 g/mol. The Morgan fingerprint density at radius 2 is 1.35 bits per heavy atom. The van der Waals surface area contributed by atoms with Crippen LogP contribution in [-0.4, -0.2) is 28.6 Å². The smallest absolute Gasteiger partial charge is 0.264 e. The van der Waals surface area contributed by atoms with Crippen molar-refractivity contribution >= 4 is 66.9 Å². The molecule has 1 amide bonds. The number of hydrogen-bond donors (Lipinski definition) is 0. The first-order chi connectivity index (χ1) is 22.3. The molecule has 0 saturated heterocycles. The van der Waals surface area contributed by atoms with E-state index in [1.165, 1.54) is 0 Å². The number of aryl methyl sites for hydroxylation is 3. The number of pyridine rings is 1. The van der Waals surface area contributed by atoms with Crippen LogP contribution in [0.5, 0.6) is 0 Å². The Kier molecular flexibility index (Phi) is 7.05. The van der Waals surface area contributed by atoms with Gasteiger partial charge in [-0.05, 0) is 85.1 Å². The van der Waals surface area contributed by atoms with E-state index in [9.17, 15) is 14.4 Å². The van der Waals surface area contributed by atoms with E-state index in [0.717, 1.165) is 61.2 Å². The molecule has 0 unspecified atom stereocenters. The zero-order valence-corrected chi connectivity index (χ0v) is 26.0. The van der Waals surface area contributed by atoms with Crippen LogP contribution >= 0.6 is 0 Å². The van der Waals surface area contributed by atoms with Gasteiger partial charge in [0.25, 0.3) is 11.5 Å². The highest BCUT2D eigenvalue weighted by Crippen LogP contribution is 2.34. The van der Waals surface area contributed by atoms with E-state index in [1.54, 1.807) is 28.5 Å². The Hall–Kier alpha value is -5.88.